The minimum Gasteiger partial charge on any atom is -0.440 e. The molecule has 0 saturated carbocycles. The Morgan fingerprint density at radius 2 is 1.87 bits per heavy atom. The molecule has 0 saturated heterocycles. The maximum atomic E-state index is 13.1. The average Bonchev–Trinajstić information content (AvgIpc) is 2.72. The summed E-state index contributed by atoms with van der Waals surface area (Å²) >= 11 is 0. The largest absolute Gasteiger partial charge is 0.440 e. The first-order chi connectivity index (χ1) is 14.6. The van der Waals surface area contributed by atoms with Crippen LogP contribution in [-0.4, -0.2) is 6.03 Å². The summed E-state index contributed by atoms with van der Waals surface area (Å²) in [7, 11) is -2.27. The van der Waals surface area contributed by atoms with Gasteiger partial charge in [-0.2, -0.15) is 34.3 Å². The minimum atomic E-state index is -4.62. The fourth-order valence-electron chi connectivity index (χ4n) is 3.26. The van der Waals surface area contributed by atoms with Gasteiger partial charge in [-0.25, -0.2) is 4.79 Å². The van der Waals surface area contributed by atoms with Gasteiger partial charge in [-0.15, -0.1) is 0 Å². The Labute approximate surface area is 177 Å². The number of alkyl halides is 3. The number of nitrogens with one attached hydrogen (secondary N) is 2. The summed E-state index contributed by atoms with van der Waals surface area (Å²) in [5, 5.41) is 21.3. The number of urea groups is 1. The van der Waals surface area contributed by atoms with Crippen molar-refractivity contribution in [2.24, 2.45) is 0 Å². The summed E-state index contributed by atoms with van der Waals surface area (Å²) in [6, 6.07) is 10.0. The molecule has 1 heterocycles. The molecule has 7 nitrogen and oxygen atoms in total. The highest BCUT2D eigenvalue weighted by Gasteiger charge is 2.35. The molecule has 0 fully saturated rings. The van der Waals surface area contributed by atoms with Crippen LogP contribution in [0.2, 0.25) is 0 Å². The molecule has 0 spiro atoms. The van der Waals surface area contributed by atoms with Crippen LogP contribution >= 0.6 is 0 Å². The number of rotatable bonds is 3. The Bertz CT molecular complexity index is 1260. The van der Waals surface area contributed by atoms with Crippen molar-refractivity contribution in [3.63, 3.8) is 0 Å². The Hall–Kier alpha value is -3.83. The highest BCUT2D eigenvalue weighted by Crippen LogP contribution is 2.37. The molecule has 11 heteroatoms. The topological polar surface area (TPSA) is 121 Å². The van der Waals surface area contributed by atoms with E-state index >= 15 is 0 Å². The lowest BCUT2D eigenvalue weighted by molar-refractivity contribution is -0.137. The number of anilines is 1. The third-order valence-electron chi connectivity index (χ3n) is 4.69. The number of nitrogens with zero attached hydrogens (tertiary/aromatic N) is 3. The van der Waals surface area contributed by atoms with E-state index in [1.54, 1.807) is 0 Å². The smallest absolute Gasteiger partial charge is 0.416 e. The zero-order chi connectivity index (χ0) is 22.9. The molecule has 2 amide bonds. The van der Waals surface area contributed by atoms with Crippen molar-refractivity contribution in [3.05, 3.63) is 70.4 Å². The van der Waals surface area contributed by atoms with Crippen molar-refractivity contribution < 1.29 is 22.2 Å². The van der Waals surface area contributed by atoms with Crippen LogP contribution in [0.1, 0.15) is 29.7 Å². The van der Waals surface area contributed by atoms with E-state index in [1.165, 1.54) is 31.2 Å². The highest BCUT2D eigenvalue weighted by molar-refractivity contribution is 7.73. The number of allylic oxidation sites excluding steroid dienone is 1. The maximum Gasteiger partial charge on any atom is 0.416 e. The van der Waals surface area contributed by atoms with Gasteiger partial charge in [-0.05, 0) is 36.8 Å². The van der Waals surface area contributed by atoms with Gasteiger partial charge in [0.25, 0.3) is 0 Å². The molecular formula is C20H13F3N5O2S-. The SMILES string of the molecule is CC1=C(C#N)[C@@H](c2ccc(C#N)cc2[S-](=N)=O)NC(=O)N1c1cccc(C(F)(F)F)c1. The second-order valence-corrected chi connectivity index (χ2v) is 7.49. The fraction of sp³-hybridized carbons (Fsp3) is 0.150. The Morgan fingerprint density at radius 1 is 1.16 bits per heavy atom. The molecule has 2 aromatic carbocycles. The van der Waals surface area contributed by atoms with E-state index in [9.17, 15) is 27.4 Å². The predicted octanol–water partition coefficient (Wildman–Crippen LogP) is 4.73. The molecule has 1 atom stereocenters. The molecule has 158 valence electrons. The zero-order valence-electron chi connectivity index (χ0n) is 15.8. The third kappa shape index (κ3) is 4.09. The lowest BCUT2D eigenvalue weighted by atomic mass is 9.94. The van der Waals surface area contributed by atoms with Crippen molar-refractivity contribution in [2.75, 3.05) is 4.90 Å². The van der Waals surface area contributed by atoms with Crippen LogP contribution in [0, 0.1) is 27.4 Å². The van der Waals surface area contributed by atoms with Crippen LogP contribution in [0.15, 0.2) is 58.6 Å². The van der Waals surface area contributed by atoms with E-state index in [2.05, 4.69) is 5.32 Å². The molecule has 0 unspecified atom stereocenters. The summed E-state index contributed by atoms with van der Waals surface area (Å²) in [5.41, 5.74) is -0.632. The molecule has 0 aromatic heterocycles. The number of benzene rings is 2. The summed E-state index contributed by atoms with van der Waals surface area (Å²) in [6.07, 6.45) is -4.62. The van der Waals surface area contributed by atoms with Crippen molar-refractivity contribution in [1.29, 1.82) is 15.3 Å². The first-order valence-electron chi connectivity index (χ1n) is 8.64. The molecule has 2 aromatic rings. The summed E-state index contributed by atoms with van der Waals surface area (Å²) in [4.78, 5) is 13.7. The Morgan fingerprint density at radius 3 is 2.45 bits per heavy atom. The van der Waals surface area contributed by atoms with Gasteiger partial charge in [0, 0.05) is 5.70 Å². The molecule has 3 rings (SSSR count). The first-order valence-corrected chi connectivity index (χ1v) is 9.79. The van der Waals surface area contributed by atoms with E-state index in [-0.39, 0.29) is 33.0 Å². The summed E-state index contributed by atoms with van der Waals surface area (Å²) in [5.74, 6) is 0. The van der Waals surface area contributed by atoms with Gasteiger partial charge in [-0.3, -0.25) is 4.90 Å². The van der Waals surface area contributed by atoms with Gasteiger partial charge in [0.2, 0.25) is 0 Å². The number of carbonyl (C=O) groups excluding carboxylic acids is 1. The molecule has 1 aliphatic rings. The monoisotopic (exact) mass is 444 g/mol. The average molecular weight is 444 g/mol. The molecule has 0 bridgehead atoms. The van der Waals surface area contributed by atoms with E-state index in [0.29, 0.717) is 0 Å². The fourth-order valence-corrected chi connectivity index (χ4v) is 3.89. The van der Waals surface area contributed by atoms with E-state index < -0.39 is 34.4 Å². The van der Waals surface area contributed by atoms with Crippen LogP contribution < -0.4 is 10.2 Å². The maximum absolute atomic E-state index is 13.1. The van der Waals surface area contributed by atoms with Gasteiger partial charge < -0.3 is 14.3 Å². The summed E-state index contributed by atoms with van der Waals surface area (Å²) < 4.78 is 58.7. The lowest BCUT2D eigenvalue weighted by Crippen LogP contribution is -2.46. The van der Waals surface area contributed by atoms with Crippen LogP contribution in [0.3, 0.4) is 0 Å². The van der Waals surface area contributed by atoms with Gasteiger partial charge in [0.15, 0.2) is 0 Å². The molecule has 31 heavy (non-hydrogen) atoms. The van der Waals surface area contributed by atoms with Crippen LogP contribution in [0.25, 0.3) is 0 Å². The second-order valence-electron chi connectivity index (χ2n) is 6.51. The Kier molecular flexibility index (Phi) is 5.73. The number of halogens is 3. The van der Waals surface area contributed by atoms with Crippen LogP contribution in [-0.2, 0) is 21.0 Å². The van der Waals surface area contributed by atoms with Crippen LogP contribution in [0.4, 0.5) is 23.7 Å². The number of carbonyl (C=O) groups is 1. The molecule has 0 radical (unpaired) electrons. The first kappa shape index (κ1) is 21.9. The molecule has 2 N–H and O–H groups in total. The number of hydrogen-bond donors (Lipinski definition) is 2. The number of amides is 2. The van der Waals surface area contributed by atoms with Gasteiger partial charge in [-0.1, -0.05) is 23.1 Å². The number of nitriles is 2. The number of hydrogen-bond acceptors (Lipinski definition) is 6. The van der Waals surface area contributed by atoms with Crippen molar-refractivity contribution in [3.8, 4) is 12.1 Å². The second kappa shape index (κ2) is 8.13. The third-order valence-corrected chi connectivity index (χ3v) is 5.44. The Balaban J connectivity index is 2.16. The quantitative estimate of drug-likeness (QED) is 0.665. The zero-order valence-corrected chi connectivity index (χ0v) is 16.6. The van der Waals surface area contributed by atoms with Crippen molar-refractivity contribution in [1.82, 2.24) is 5.32 Å². The molecular weight excluding hydrogens is 431 g/mol. The van der Waals surface area contributed by atoms with Gasteiger partial charge >= 0.3 is 12.2 Å². The van der Waals surface area contributed by atoms with Gasteiger partial charge in [0.1, 0.15) is 0 Å². The lowest BCUT2D eigenvalue weighted by Gasteiger charge is -2.35. The highest BCUT2D eigenvalue weighted by atomic mass is 32.2. The molecule has 0 aliphatic carbocycles. The van der Waals surface area contributed by atoms with Crippen molar-refractivity contribution >= 4 is 22.3 Å². The standard InChI is InChI=1S/C20H13F3N5O2S/c1-11-16(10-25)18(15-6-5-12(9-24)7-17(15)31(26)30)27-19(29)28(11)14-4-2-3-13(8-14)20(21,22)23/h2-8,18,26H,1H3,(H,27,29)/q-1/t18-/m1/s1. The van der Waals surface area contributed by atoms with Gasteiger partial charge in [0.05, 0.1) is 40.6 Å². The van der Waals surface area contributed by atoms with E-state index in [0.717, 1.165) is 23.1 Å². The van der Waals surface area contributed by atoms with E-state index in [1.807, 2.05) is 12.1 Å². The van der Waals surface area contributed by atoms with Crippen LogP contribution in [0.5, 0.6) is 0 Å². The minimum absolute atomic E-state index is 0.00609. The normalized spacial score (nSPS) is 16.7. The predicted molar refractivity (Wildman–Crippen MR) is 104 cm³/mol. The van der Waals surface area contributed by atoms with E-state index in [4.69, 9.17) is 10.0 Å². The van der Waals surface area contributed by atoms with Crippen molar-refractivity contribution in [2.45, 2.75) is 24.0 Å². The molecule has 1 aliphatic heterocycles. The summed E-state index contributed by atoms with van der Waals surface area (Å²) in [6.45, 7) is 1.41.